The molecule has 1 aromatic carbocycles. The topological polar surface area (TPSA) is 0 Å². The van der Waals surface area contributed by atoms with Gasteiger partial charge in [0.05, 0.1) is 5.56 Å². The minimum Gasteiger partial charge on any atom is -0.166 e. The third kappa shape index (κ3) is 5.33. The third-order valence-corrected chi connectivity index (χ3v) is 3.99. The zero-order valence-electron chi connectivity index (χ0n) is 11.5. The van der Waals surface area contributed by atoms with Crippen molar-refractivity contribution in [3.8, 4) is 11.5 Å². The lowest BCUT2D eigenvalue weighted by Gasteiger charge is -2.10. The molecule has 0 spiro atoms. The smallest absolute Gasteiger partial charge is 0.166 e. The number of alkyl halides is 3. The van der Waals surface area contributed by atoms with Crippen LogP contribution in [0, 0.1) is 11.5 Å². The van der Waals surface area contributed by atoms with Crippen LogP contribution < -0.4 is 0 Å². The highest BCUT2D eigenvalue weighted by atomic mass is 32.2. The Hall–Kier alpha value is -0.863. The van der Waals surface area contributed by atoms with Crippen molar-refractivity contribution in [2.45, 2.75) is 37.6 Å². The van der Waals surface area contributed by atoms with E-state index in [1.807, 2.05) is 6.92 Å². The number of thioether (sulfide) groups is 1. The van der Waals surface area contributed by atoms with E-state index in [0.29, 0.717) is 10.5 Å². The second-order valence-electron chi connectivity index (χ2n) is 5.14. The predicted molar refractivity (Wildman–Crippen MR) is 78.1 cm³/mol. The van der Waals surface area contributed by atoms with Gasteiger partial charge >= 0.3 is 6.18 Å². The van der Waals surface area contributed by atoms with Crippen LogP contribution in [0.2, 0.25) is 19.6 Å². The molecule has 104 valence electrons. The van der Waals surface area contributed by atoms with Gasteiger partial charge in [-0.05, 0) is 24.0 Å². The molecular weight excluding hydrogens is 285 g/mol. The quantitative estimate of drug-likeness (QED) is 0.419. The Labute approximate surface area is 117 Å². The van der Waals surface area contributed by atoms with E-state index in [4.69, 9.17) is 0 Å². The van der Waals surface area contributed by atoms with Crippen LogP contribution in [-0.2, 0) is 6.18 Å². The summed E-state index contributed by atoms with van der Waals surface area (Å²) in [6.45, 7) is 8.24. The van der Waals surface area contributed by atoms with E-state index >= 15 is 0 Å². The summed E-state index contributed by atoms with van der Waals surface area (Å²) in [6.07, 6.45) is -4.30. The summed E-state index contributed by atoms with van der Waals surface area (Å²) in [7, 11) is -1.53. The maximum atomic E-state index is 12.7. The van der Waals surface area contributed by atoms with Gasteiger partial charge < -0.3 is 0 Å². The molecule has 0 saturated heterocycles. The number of benzene rings is 1. The Morgan fingerprint density at radius 3 is 2.32 bits per heavy atom. The van der Waals surface area contributed by atoms with Gasteiger partial charge in [0.25, 0.3) is 0 Å². The Kier molecular flexibility index (Phi) is 5.16. The number of hydrogen-bond acceptors (Lipinski definition) is 1. The average Bonchev–Trinajstić information content (AvgIpc) is 2.25. The number of hydrogen-bond donors (Lipinski definition) is 0. The van der Waals surface area contributed by atoms with Crippen molar-refractivity contribution < 1.29 is 13.2 Å². The van der Waals surface area contributed by atoms with Gasteiger partial charge in [-0.3, -0.25) is 0 Å². The Morgan fingerprint density at radius 1 is 1.21 bits per heavy atom. The maximum absolute atomic E-state index is 12.7. The molecule has 1 rings (SSSR count). The molecule has 0 aromatic heterocycles. The first kappa shape index (κ1) is 16.2. The highest BCUT2D eigenvalue weighted by Gasteiger charge is 2.30. The lowest BCUT2D eigenvalue weighted by molar-refractivity contribution is -0.137. The fourth-order valence-electron chi connectivity index (χ4n) is 1.33. The summed E-state index contributed by atoms with van der Waals surface area (Å²) >= 11 is 1.40. The lowest BCUT2D eigenvalue weighted by Crippen LogP contribution is -2.16. The Morgan fingerprint density at radius 2 is 1.84 bits per heavy atom. The molecule has 0 heterocycles. The van der Waals surface area contributed by atoms with Crippen LogP contribution in [0.3, 0.4) is 0 Å². The predicted octanol–water partition coefficient (Wildman–Crippen LogP) is 5.05. The molecule has 0 aliphatic carbocycles. The molecule has 0 radical (unpaired) electrons. The van der Waals surface area contributed by atoms with Gasteiger partial charge in [0, 0.05) is 10.5 Å². The molecule has 0 aliphatic heterocycles. The molecule has 19 heavy (non-hydrogen) atoms. The molecule has 0 fully saturated rings. The van der Waals surface area contributed by atoms with E-state index in [0.717, 1.165) is 11.8 Å². The Balaban J connectivity index is 3.22. The van der Waals surface area contributed by atoms with Crippen LogP contribution >= 0.6 is 11.8 Å². The van der Waals surface area contributed by atoms with Gasteiger partial charge in [-0.1, -0.05) is 32.5 Å². The van der Waals surface area contributed by atoms with Crippen LogP contribution in [0.15, 0.2) is 23.1 Å². The molecule has 0 aliphatic rings. The van der Waals surface area contributed by atoms with Crippen LogP contribution in [0.4, 0.5) is 13.2 Å². The monoisotopic (exact) mass is 302 g/mol. The van der Waals surface area contributed by atoms with Crippen molar-refractivity contribution in [3.05, 3.63) is 29.3 Å². The van der Waals surface area contributed by atoms with E-state index < -0.39 is 19.8 Å². The van der Waals surface area contributed by atoms with Crippen molar-refractivity contribution in [2.75, 3.05) is 5.75 Å². The third-order valence-electron chi connectivity index (χ3n) is 2.18. The van der Waals surface area contributed by atoms with E-state index in [1.165, 1.54) is 23.9 Å². The molecule has 1 aromatic rings. The minimum atomic E-state index is -4.30. The molecular formula is C14H17F3SSi. The van der Waals surface area contributed by atoms with E-state index in [2.05, 4.69) is 31.1 Å². The number of halogens is 3. The fraction of sp³-hybridized carbons (Fsp3) is 0.429. The summed E-state index contributed by atoms with van der Waals surface area (Å²) in [6, 6.07) is 3.78. The van der Waals surface area contributed by atoms with Gasteiger partial charge in [-0.25, -0.2) is 0 Å². The largest absolute Gasteiger partial charge is 0.416 e. The standard InChI is InChI=1S/C14H17F3SSi/c1-5-18-13-10-12(14(15,16)17)7-6-11(13)8-9-19(2,3)4/h6-7,10H,5H2,1-4H3. The molecule has 0 bridgehead atoms. The lowest BCUT2D eigenvalue weighted by atomic mass is 10.1. The average molecular weight is 302 g/mol. The van der Waals surface area contributed by atoms with E-state index in [1.54, 1.807) is 0 Å². The van der Waals surface area contributed by atoms with Gasteiger partial charge in [0.1, 0.15) is 8.07 Å². The highest BCUT2D eigenvalue weighted by Crippen LogP contribution is 2.33. The van der Waals surface area contributed by atoms with Crippen LogP contribution in [0.5, 0.6) is 0 Å². The molecule has 0 saturated carbocycles. The second kappa shape index (κ2) is 6.06. The van der Waals surface area contributed by atoms with Gasteiger partial charge in [-0.2, -0.15) is 13.2 Å². The molecule has 5 heteroatoms. The molecule has 0 nitrogen and oxygen atoms in total. The molecule has 0 atom stereocenters. The fourth-order valence-corrected chi connectivity index (χ4v) is 2.64. The minimum absolute atomic E-state index is 0.609. The maximum Gasteiger partial charge on any atom is 0.416 e. The zero-order chi connectivity index (χ0) is 14.7. The van der Waals surface area contributed by atoms with Crippen molar-refractivity contribution in [1.82, 2.24) is 0 Å². The summed E-state index contributed by atoms with van der Waals surface area (Å²) in [5, 5.41) is 0. The van der Waals surface area contributed by atoms with Gasteiger partial charge in [-0.15, -0.1) is 17.3 Å². The van der Waals surface area contributed by atoms with Crippen molar-refractivity contribution in [1.29, 1.82) is 0 Å². The molecule has 0 amide bonds. The van der Waals surface area contributed by atoms with Crippen LogP contribution in [0.1, 0.15) is 18.1 Å². The van der Waals surface area contributed by atoms with Crippen LogP contribution in [-0.4, -0.2) is 13.8 Å². The molecule has 0 unspecified atom stereocenters. The highest BCUT2D eigenvalue weighted by molar-refractivity contribution is 7.99. The normalized spacial score (nSPS) is 11.9. The van der Waals surface area contributed by atoms with Crippen LogP contribution in [0.25, 0.3) is 0 Å². The molecule has 0 N–H and O–H groups in total. The number of rotatable bonds is 2. The summed E-state index contributed by atoms with van der Waals surface area (Å²) in [5.41, 5.74) is 3.28. The van der Waals surface area contributed by atoms with Gasteiger partial charge in [0.2, 0.25) is 0 Å². The first-order valence-electron chi connectivity index (χ1n) is 6.00. The van der Waals surface area contributed by atoms with E-state index in [-0.39, 0.29) is 0 Å². The van der Waals surface area contributed by atoms with Gasteiger partial charge in [0.15, 0.2) is 0 Å². The SMILES string of the molecule is CCSc1cc(C(F)(F)F)ccc1C#C[Si](C)(C)C. The first-order chi connectivity index (χ1) is 8.63. The van der Waals surface area contributed by atoms with Crippen molar-refractivity contribution in [2.24, 2.45) is 0 Å². The Bertz CT molecular complexity index is 504. The summed E-state index contributed by atoms with van der Waals surface area (Å²) in [5.74, 6) is 3.77. The summed E-state index contributed by atoms with van der Waals surface area (Å²) in [4.78, 5) is 0.614. The summed E-state index contributed by atoms with van der Waals surface area (Å²) < 4.78 is 38.0. The van der Waals surface area contributed by atoms with Crippen molar-refractivity contribution >= 4 is 19.8 Å². The van der Waals surface area contributed by atoms with Crippen molar-refractivity contribution in [3.63, 3.8) is 0 Å². The zero-order valence-corrected chi connectivity index (χ0v) is 13.3. The second-order valence-corrected chi connectivity index (χ2v) is 11.2. The van der Waals surface area contributed by atoms with E-state index in [9.17, 15) is 13.2 Å². The first-order valence-corrected chi connectivity index (χ1v) is 10.5.